The zero-order valence-corrected chi connectivity index (χ0v) is 16.3. The number of amides is 2. The quantitative estimate of drug-likeness (QED) is 0.553. The maximum absolute atomic E-state index is 13.0. The van der Waals surface area contributed by atoms with Crippen LogP contribution in [0.25, 0.3) is 0 Å². The van der Waals surface area contributed by atoms with Crippen molar-refractivity contribution in [3.8, 4) is 5.75 Å². The fraction of sp³-hybridized carbons (Fsp3) is 0.0526. The molecule has 0 unspecified atom stereocenters. The number of nitrogens with one attached hydrogen (secondary N) is 4. The number of alkyl halides is 3. The van der Waals surface area contributed by atoms with Crippen LogP contribution in [-0.4, -0.2) is 17.4 Å². The lowest BCUT2D eigenvalue weighted by atomic mass is 10.2. The number of aliphatic imine (C=N–C) groups is 1. The minimum atomic E-state index is -4.64. The molecule has 12 heteroatoms. The van der Waals surface area contributed by atoms with Crippen molar-refractivity contribution in [1.82, 2.24) is 15.9 Å². The van der Waals surface area contributed by atoms with Crippen LogP contribution in [0.5, 0.6) is 5.75 Å². The van der Waals surface area contributed by atoms with Crippen molar-refractivity contribution in [2.24, 2.45) is 4.99 Å². The number of urea groups is 1. The molecular formula is C19H14ClF3N6O2. The summed E-state index contributed by atoms with van der Waals surface area (Å²) in [5, 5.41) is 5.86. The van der Waals surface area contributed by atoms with Crippen molar-refractivity contribution < 1.29 is 22.8 Å². The first-order valence-electron chi connectivity index (χ1n) is 8.77. The average molecular weight is 451 g/mol. The smallest absolute Gasteiger partial charge is 0.374 e. The summed E-state index contributed by atoms with van der Waals surface area (Å²) in [6, 6.07) is 8.83. The van der Waals surface area contributed by atoms with Crippen LogP contribution in [0.2, 0.25) is 5.02 Å². The molecular weight excluding hydrogens is 437 g/mol. The summed E-state index contributed by atoms with van der Waals surface area (Å²) in [4.78, 5) is 22.0. The van der Waals surface area contributed by atoms with E-state index in [1.165, 1.54) is 17.5 Å². The molecule has 4 rings (SSSR count). The highest BCUT2D eigenvalue weighted by Gasteiger charge is 2.33. The number of carbonyl (C=O) groups is 1. The summed E-state index contributed by atoms with van der Waals surface area (Å²) in [5.74, 6) is 0.393. The first-order valence-corrected chi connectivity index (χ1v) is 9.15. The normalized spacial score (nSPS) is 14.6. The van der Waals surface area contributed by atoms with Crippen LogP contribution in [0.1, 0.15) is 5.56 Å². The molecule has 0 saturated carbocycles. The fourth-order valence-corrected chi connectivity index (χ4v) is 2.99. The molecule has 0 saturated heterocycles. The third kappa shape index (κ3) is 4.67. The van der Waals surface area contributed by atoms with E-state index in [4.69, 9.17) is 16.4 Å². The van der Waals surface area contributed by atoms with E-state index in [-0.39, 0.29) is 5.69 Å². The lowest BCUT2D eigenvalue weighted by Gasteiger charge is -2.22. The van der Waals surface area contributed by atoms with Crippen LogP contribution in [0.3, 0.4) is 0 Å². The van der Waals surface area contributed by atoms with Crippen LogP contribution in [0, 0.1) is 0 Å². The second-order valence-corrected chi connectivity index (χ2v) is 6.73. The highest BCUT2D eigenvalue weighted by atomic mass is 35.5. The van der Waals surface area contributed by atoms with Gasteiger partial charge in [-0.05, 0) is 30.3 Å². The molecule has 8 nitrogen and oxygen atoms in total. The highest BCUT2D eigenvalue weighted by molar-refractivity contribution is 6.31. The number of benzene rings is 2. The Hall–Kier alpha value is -3.86. The van der Waals surface area contributed by atoms with Gasteiger partial charge < -0.3 is 20.9 Å². The van der Waals surface area contributed by atoms with E-state index in [2.05, 4.69) is 26.5 Å². The number of hydrogen-bond acceptors (Lipinski definition) is 6. The molecule has 0 radical (unpaired) electrons. The van der Waals surface area contributed by atoms with E-state index >= 15 is 0 Å². The Balaban J connectivity index is 1.42. The van der Waals surface area contributed by atoms with Crippen molar-refractivity contribution in [3.05, 3.63) is 76.8 Å². The number of hydrogen-bond donors (Lipinski definition) is 4. The van der Waals surface area contributed by atoms with Crippen LogP contribution < -0.4 is 26.3 Å². The van der Waals surface area contributed by atoms with Crippen LogP contribution in [-0.2, 0) is 6.18 Å². The Morgan fingerprint density at radius 2 is 1.90 bits per heavy atom. The predicted octanol–water partition coefficient (Wildman–Crippen LogP) is 4.43. The molecule has 0 aliphatic carbocycles. The van der Waals surface area contributed by atoms with Gasteiger partial charge in [-0.15, -0.1) is 0 Å². The van der Waals surface area contributed by atoms with Gasteiger partial charge in [0.1, 0.15) is 17.7 Å². The highest BCUT2D eigenvalue weighted by Crippen LogP contribution is 2.36. The van der Waals surface area contributed by atoms with E-state index in [0.717, 1.165) is 17.8 Å². The largest absolute Gasteiger partial charge is 0.417 e. The number of hydroxylamine groups is 2. The molecule has 31 heavy (non-hydrogen) atoms. The zero-order chi connectivity index (χ0) is 22.0. The van der Waals surface area contributed by atoms with Gasteiger partial charge in [-0.1, -0.05) is 17.7 Å². The van der Waals surface area contributed by atoms with Gasteiger partial charge in [-0.25, -0.2) is 9.79 Å². The Bertz CT molecular complexity index is 1120. The number of halogens is 4. The molecule has 2 heterocycles. The minimum absolute atomic E-state index is 0.0568. The summed E-state index contributed by atoms with van der Waals surface area (Å²) in [6.07, 6.45) is 0.141. The molecule has 0 atom stereocenters. The molecule has 2 aliphatic heterocycles. The summed E-state index contributed by atoms with van der Waals surface area (Å²) in [5.41, 5.74) is 6.41. The van der Waals surface area contributed by atoms with Gasteiger partial charge in [0.2, 0.25) is 0 Å². The number of fused-ring (bicyclic) bond motifs is 1. The van der Waals surface area contributed by atoms with Crippen molar-refractivity contribution in [2.75, 3.05) is 10.6 Å². The maximum Gasteiger partial charge on any atom is 0.417 e. The number of rotatable bonds is 4. The second kappa shape index (κ2) is 8.11. The molecule has 160 valence electrons. The maximum atomic E-state index is 13.0. The topological polar surface area (TPSA) is 90.0 Å². The summed E-state index contributed by atoms with van der Waals surface area (Å²) in [6.45, 7) is 0. The van der Waals surface area contributed by atoms with Crippen LogP contribution in [0.4, 0.5) is 29.3 Å². The summed E-state index contributed by atoms with van der Waals surface area (Å²) < 4.78 is 38.9. The second-order valence-electron chi connectivity index (χ2n) is 6.32. The number of hydrazine groups is 1. The molecule has 2 aromatic carbocycles. The third-order valence-electron chi connectivity index (χ3n) is 4.13. The van der Waals surface area contributed by atoms with Crippen molar-refractivity contribution in [2.45, 2.75) is 6.18 Å². The van der Waals surface area contributed by atoms with E-state index in [1.54, 1.807) is 36.7 Å². The number of carbonyl (C=O) groups excluding carboxylic acids is 1. The lowest BCUT2D eigenvalue weighted by Crippen LogP contribution is -2.29. The molecule has 4 N–H and O–H groups in total. The fourth-order valence-electron chi connectivity index (χ4n) is 2.77. The van der Waals surface area contributed by atoms with Crippen molar-refractivity contribution in [3.63, 3.8) is 0 Å². The molecule has 2 amide bonds. The average Bonchev–Trinajstić information content (AvgIpc) is 3.19. The van der Waals surface area contributed by atoms with E-state index in [1.807, 2.05) is 0 Å². The number of anilines is 2. The van der Waals surface area contributed by atoms with E-state index in [0.29, 0.717) is 17.1 Å². The van der Waals surface area contributed by atoms with Gasteiger partial charge in [-0.3, -0.25) is 5.43 Å². The van der Waals surface area contributed by atoms with Gasteiger partial charge in [0.15, 0.2) is 5.75 Å². The third-order valence-corrected chi connectivity index (χ3v) is 4.46. The van der Waals surface area contributed by atoms with Gasteiger partial charge in [0.05, 0.1) is 16.8 Å². The van der Waals surface area contributed by atoms with Gasteiger partial charge >= 0.3 is 12.2 Å². The Labute approximate surface area is 179 Å². The first-order chi connectivity index (χ1) is 14.8. The molecule has 0 spiro atoms. The van der Waals surface area contributed by atoms with Gasteiger partial charge in [0.25, 0.3) is 0 Å². The summed E-state index contributed by atoms with van der Waals surface area (Å²) >= 11 is 5.59. The SMILES string of the molecule is O=C(Nc1cccc(ON2C=NC=C3NNC=C32)c1)Nc1ccc(Cl)c(C(F)(F)F)c1. The standard InChI is InChI=1S/C19H14ClF3N6O2/c20-15-5-4-12(7-14(15)19(21,22)23)27-18(30)26-11-2-1-3-13(6-11)31-29-10-24-8-16-17(29)9-25-28-16/h1-10,25,28H,(H2,26,27,30). The molecule has 0 fully saturated rings. The van der Waals surface area contributed by atoms with Crippen LogP contribution in [0.15, 0.2) is 71.3 Å². The van der Waals surface area contributed by atoms with Crippen molar-refractivity contribution >= 4 is 35.3 Å². The summed E-state index contributed by atoms with van der Waals surface area (Å²) in [7, 11) is 0. The molecule has 0 bridgehead atoms. The monoisotopic (exact) mass is 450 g/mol. The Morgan fingerprint density at radius 1 is 1.13 bits per heavy atom. The molecule has 2 aromatic rings. The van der Waals surface area contributed by atoms with Gasteiger partial charge in [-0.2, -0.15) is 18.2 Å². The van der Waals surface area contributed by atoms with Gasteiger partial charge in [0, 0.05) is 23.6 Å². The Kier molecular flexibility index (Phi) is 5.34. The zero-order valence-electron chi connectivity index (χ0n) is 15.5. The lowest BCUT2D eigenvalue weighted by molar-refractivity contribution is -0.137. The van der Waals surface area contributed by atoms with E-state index < -0.39 is 22.8 Å². The molecule has 2 aliphatic rings. The van der Waals surface area contributed by atoms with E-state index in [9.17, 15) is 18.0 Å². The predicted molar refractivity (Wildman–Crippen MR) is 109 cm³/mol. The van der Waals surface area contributed by atoms with Crippen LogP contribution >= 0.6 is 11.6 Å². The molecule has 0 aromatic heterocycles. The van der Waals surface area contributed by atoms with Crippen molar-refractivity contribution in [1.29, 1.82) is 0 Å². The number of nitrogens with zero attached hydrogens (tertiary/aromatic N) is 2. The minimum Gasteiger partial charge on any atom is -0.374 e. The first kappa shape index (κ1) is 20.4. The Morgan fingerprint density at radius 3 is 2.68 bits per heavy atom.